The van der Waals surface area contributed by atoms with Crippen molar-refractivity contribution >= 4 is 66.9 Å². The lowest BCUT2D eigenvalue weighted by molar-refractivity contribution is -0.125. The number of carbonyl (C=O) groups is 1. The normalized spacial score (nSPS) is 19.4. The summed E-state index contributed by atoms with van der Waals surface area (Å²) in [6.07, 6.45) is 6.48. The third-order valence-electron chi connectivity index (χ3n) is 11.9. The maximum absolute atomic E-state index is 13.9. The fraction of sp³-hybridized carbons (Fsp3) is 0.462. The molecule has 2 N–H and O–H groups in total. The van der Waals surface area contributed by atoms with Crippen LogP contribution in [0.4, 0.5) is 17.3 Å². The first-order valence-corrected chi connectivity index (χ1v) is 20.8. The van der Waals surface area contributed by atoms with Gasteiger partial charge in [0.25, 0.3) is 5.56 Å². The lowest BCUT2D eigenvalue weighted by Crippen LogP contribution is -2.48. The van der Waals surface area contributed by atoms with Crippen molar-refractivity contribution < 1.29 is 13.2 Å². The van der Waals surface area contributed by atoms with Gasteiger partial charge in [0.2, 0.25) is 21.9 Å². The lowest BCUT2D eigenvalue weighted by Gasteiger charge is -2.47. The minimum absolute atomic E-state index is 0.0455. The van der Waals surface area contributed by atoms with Crippen molar-refractivity contribution in [3.8, 4) is 0 Å². The van der Waals surface area contributed by atoms with E-state index in [0.717, 1.165) is 61.9 Å². The zero-order valence-electron chi connectivity index (χ0n) is 31.5. The van der Waals surface area contributed by atoms with Gasteiger partial charge >= 0.3 is 5.69 Å². The maximum atomic E-state index is 13.9. The van der Waals surface area contributed by atoms with Crippen LogP contribution in [0.3, 0.4) is 0 Å². The molecule has 1 atom stereocenters. The summed E-state index contributed by atoms with van der Waals surface area (Å²) in [5.74, 6) is 0.172. The Morgan fingerprint density at radius 3 is 2.42 bits per heavy atom. The van der Waals surface area contributed by atoms with Gasteiger partial charge < -0.3 is 15.5 Å². The average molecular weight is 788 g/mol. The summed E-state index contributed by atoms with van der Waals surface area (Å²) in [5.41, 5.74) is 3.97. The molecule has 8 rings (SSSR count). The number of sulfonamides is 1. The molecule has 2 aromatic carbocycles. The van der Waals surface area contributed by atoms with Crippen LogP contribution in [0.1, 0.15) is 70.0 Å². The molecule has 3 saturated heterocycles. The number of nitrogens with zero attached hydrogens (tertiary/aromatic N) is 7. The average Bonchev–Trinajstić information content (AvgIpc) is 3.42. The van der Waals surface area contributed by atoms with Crippen molar-refractivity contribution in [3.05, 3.63) is 80.1 Å². The van der Waals surface area contributed by atoms with E-state index in [2.05, 4.69) is 31.6 Å². The van der Waals surface area contributed by atoms with Gasteiger partial charge in [-0.15, -0.1) is 0 Å². The molecular weight excluding hydrogens is 742 g/mol. The van der Waals surface area contributed by atoms with Crippen molar-refractivity contribution in [1.82, 2.24) is 33.3 Å². The van der Waals surface area contributed by atoms with E-state index in [1.54, 1.807) is 50.9 Å². The number of halogens is 1. The molecule has 5 aromatic rings. The molecule has 3 aliphatic heterocycles. The summed E-state index contributed by atoms with van der Waals surface area (Å²) in [4.78, 5) is 50.5. The number of hydrogen-bond acceptors (Lipinski definition) is 9. The van der Waals surface area contributed by atoms with Crippen molar-refractivity contribution in [2.75, 3.05) is 42.9 Å². The second-order valence-electron chi connectivity index (χ2n) is 15.5. The van der Waals surface area contributed by atoms with Crippen LogP contribution in [-0.2, 0) is 21.9 Å². The van der Waals surface area contributed by atoms with Gasteiger partial charge in [-0.3, -0.25) is 23.3 Å². The van der Waals surface area contributed by atoms with Crippen molar-refractivity contribution in [3.63, 3.8) is 0 Å². The van der Waals surface area contributed by atoms with E-state index in [-0.39, 0.29) is 44.5 Å². The molecule has 3 fully saturated rings. The summed E-state index contributed by atoms with van der Waals surface area (Å²) >= 11 is 6.17. The minimum atomic E-state index is -3.73. The number of imidazole rings is 1. The van der Waals surface area contributed by atoms with E-state index in [9.17, 15) is 22.8 Å². The van der Waals surface area contributed by atoms with Crippen LogP contribution in [0.25, 0.3) is 22.1 Å². The number of piperidine rings is 3. The van der Waals surface area contributed by atoms with Gasteiger partial charge in [-0.05, 0) is 107 Å². The van der Waals surface area contributed by atoms with Crippen LogP contribution in [0.2, 0.25) is 5.02 Å². The predicted molar refractivity (Wildman–Crippen MR) is 214 cm³/mol. The van der Waals surface area contributed by atoms with Crippen LogP contribution < -0.4 is 26.8 Å². The standard InChI is InChI=1S/C39H46ClN9O5S/c1-24(2)48-34-26(22-28(40)36(48)51)23-42-37(44-34)43-29-11-10-27(21-25(29)3)55(53,54)47-19-14-39(15-20-47)12-17-46(18-13-39)30-7-5-8-31-33(30)45(4)38(52)49(31)32-9-6-16-41-35(32)50/h5,7-8,10-11,21-24,32H,6,9,12-20H2,1-4H3,(H,41,50)(H,42,43,44). The number of pyridine rings is 1. The first kappa shape index (κ1) is 37.2. The second-order valence-corrected chi connectivity index (χ2v) is 17.9. The molecule has 14 nitrogen and oxygen atoms in total. The number of aryl methyl sites for hydroxylation is 2. The van der Waals surface area contributed by atoms with Gasteiger partial charge in [-0.25, -0.2) is 18.2 Å². The number of benzene rings is 2. The number of fused-ring (bicyclic) bond motifs is 2. The zero-order chi connectivity index (χ0) is 38.8. The number of aromatic nitrogens is 5. The third kappa shape index (κ3) is 6.49. The largest absolute Gasteiger partial charge is 0.370 e. The predicted octanol–water partition coefficient (Wildman–Crippen LogP) is 5.25. The van der Waals surface area contributed by atoms with Crippen LogP contribution in [-0.4, -0.2) is 75.0 Å². The number of para-hydroxylation sites is 1. The monoisotopic (exact) mass is 787 g/mol. The smallest absolute Gasteiger partial charge is 0.329 e. The molecule has 1 unspecified atom stereocenters. The fourth-order valence-corrected chi connectivity index (χ4v) is 10.5. The highest BCUT2D eigenvalue weighted by Gasteiger charge is 2.41. The van der Waals surface area contributed by atoms with Gasteiger partial charge in [0, 0.05) is 63.1 Å². The minimum Gasteiger partial charge on any atom is -0.370 e. The summed E-state index contributed by atoms with van der Waals surface area (Å²) in [6, 6.07) is 11.8. The van der Waals surface area contributed by atoms with Gasteiger partial charge in [-0.2, -0.15) is 9.29 Å². The van der Waals surface area contributed by atoms with Crippen LogP contribution >= 0.6 is 11.6 Å². The van der Waals surface area contributed by atoms with E-state index in [1.165, 1.54) is 4.57 Å². The highest BCUT2D eigenvalue weighted by molar-refractivity contribution is 7.89. The molecule has 0 saturated carbocycles. The molecule has 0 radical (unpaired) electrons. The first-order chi connectivity index (χ1) is 26.3. The first-order valence-electron chi connectivity index (χ1n) is 19.0. The highest BCUT2D eigenvalue weighted by Crippen LogP contribution is 2.44. The topological polar surface area (TPSA) is 156 Å². The molecule has 1 spiro atoms. The van der Waals surface area contributed by atoms with E-state index in [0.29, 0.717) is 48.3 Å². The summed E-state index contributed by atoms with van der Waals surface area (Å²) in [7, 11) is -1.95. The molecule has 6 heterocycles. The Bertz CT molecular complexity index is 2560. The lowest BCUT2D eigenvalue weighted by atomic mass is 9.71. The molecule has 0 aliphatic carbocycles. The highest BCUT2D eigenvalue weighted by atomic mass is 35.5. The number of carbonyl (C=O) groups excluding carboxylic acids is 1. The van der Waals surface area contributed by atoms with Gasteiger partial charge in [-0.1, -0.05) is 17.7 Å². The molecule has 290 valence electrons. The Labute approximate surface area is 324 Å². The molecular formula is C39H46ClN9O5S. The Kier molecular flexibility index (Phi) is 9.53. The Morgan fingerprint density at radius 1 is 1.00 bits per heavy atom. The Balaban J connectivity index is 0.938. The molecule has 16 heteroatoms. The fourth-order valence-electron chi connectivity index (χ4n) is 8.73. The Morgan fingerprint density at radius 2 is 1.73 bits per heavy atom. The quantitative estimate of drug-likeness (QED) is 0.225. The van der Waals surface area contributed by atoms with Crippen LogP contribution in [0, 0.1) is 12.3 Å². The number of rotatable bonds is 7. The number of amides is 1. The van der Waals surface area contributed by atoms with Crippen molar-refractivity contribution in [2.24, 2.45) is 12.5 Å². The summed E-state index contributed by atoms with van der Waals surface area (Å²) in [6.45, 7) is 8.74. The third-order valence-corrected chi connectivity index (χ3v) is 14.1. The summed E-state index contributed by atoms with van der Waals surface area (Å²) in [5, 5.41) is 6.85. The molecule has 3 aliphatic rings. The molecule has 0 bridgehead atoms. The molecule has 1 amide bonds. The van der Waals surface area contributed by atoms with E-state index in [1.807, 2.05) is 32.9 Å². The Hall–Kier alpha value is -4.73. The van der Waals surface area contributed by atoms with Crippen molar-refractivity contribution in [1.29, 1.82) is 0 Å². The number of hydrogen-bond donors (Lipinski definition) is 2. The number of nitrogens with one attached hydrogen (secondary N) is 2. The molecule has 55 heavy (non-hydrogen) atoms. The maximum Gasteiger partial charge on any atom is 0.329 e. The summed E-state index contributed by atoms with van der Waals surface area (Å²) < 4.78 is 34.3. The molecule has 3 aromatic heterocycles. The van der Waals surface area contributed by atoms with E-state index >= 15 is 0 Å². The van der Waals surface area contributed by atoms with E-state index < -0.39 is 16.1 Å². The van der Waals surface area contributed by atoms with Gasteiger partial charge in [0.1, 0.15) is 16.7 Å². The van der Waals surface area contributed by atoms with Crippen molar-refractivity contribution in [2.45, 2.75) is 76.3 Å². The second kappa shape index (κ2) is 14.1. The van der Waals surface area contributed by atoms with Crippen LogP contribution in [0.15, 0.2) is 63.1 Å². The SMILES string of the molecule is Cc1cc(S(=O)(=O)N2CCC3(CCN(c4cccc5c4n(C)c(=O)n5C4CCCNC4=O)CC3)CC2)ccc1Nc1ncc2cc(Cl)c(=O)n(C(C)C)c2n1. The van der Waals surface area contributed by atoms with Gasteiger partial charge in [0.15, 0.2) is 0 Å². The van der Waals surface area contributed by atoms with Gasteiger partial charge in [0.05, 0.1) is 21.6 Å². The van der Waals surface area contributed by atoms with E-state index in [4.69, 9.17) is 11.6 Å². The number of anilines is 3. The zero-order valence-corrected chi connectivity index (χ0v) is 33.1. The van der Waals surface area contributed by atoms with Crippen LogP contribution in [0.5, 0.6) is 0 Å².